The van der Waals surface area contributed by atoms with Crippen LogP contribution < -0.4 is 0 Å². The lowest BCUT2D eigenvalue weighted by Crippen LogP contribution is -2.09. The average molecular weight is 294 g/mol. The Morgan fingerprint density at radius 1 is 0.909 bits per heavy atom. The Hall–Kier alpha value is -2.35. The molecule has 22 heavy (non-hydrogen) atoms. The fourth-order valence-corrected chi connectivity index (χ4v) is 2.33. The van der Waals surface area contributed by atoms with Gasteiger partial charge in [0.05, 0.1) is 6.61 Å². The maximum absolute atomic E-state index is 12.3. The molecule has 114 valence electrons. The highest BCUT2D eigenvalue weighted by molar-refractivity contribution is 6.01. The van der Waals surface area contributed by atoms with E-state index >= 15 is 0 Å². The molecule has 0 saturated carbocycles. The lowest BCUT2D eigenvalue weighted by atomic mass is 9.93. The van der Waals surface area contributed by atoms with Gasteiger partial charge in [-0.15, -0.1) is 0 Å². The second-order valence-electron chi connectivity index (χ2n) is 5.22. The van der Waals surface area contributed by atoms with Crippen LogP contribution in [0.3, 0.4) is 0 Å². The number of benzene rings is 2. The molecule has 0 heterocycles. The Bertz CT molecular complexity index is 586. The molecule has 2 aromatic rings. The molecule has 0 unspecified atom stereocenters. The molecule has 0 aliphatic heterocycles. The first-order chi connectivity index (χ1) is 10.7. The van der Waals surface area contributed by atoms with Crippen molar-refractivity contribution in [1.82, 2.24) is 0 Å². The largest absolute Gasteiger partial charge is 0.462 e. The zero-order valence-corrected chi connectivity index (χ0v) is 13.2. The highest BCUT2D eigenvalue weighted by Crippen LogP contribution is 2.27. The van der Waals surface area contributed by atoms with E-state index < -0.39 is 0 Å². The number of rotatable bonds is 6. The van der Waals surface area contributed by atoms with Gasteiger partial charge in [-0.25, -0.2) is 4.79 Å². The number of carbonyl (C=O) groups excluding carboxylic acids is 1. The Kier molecular flexibility index (Phi) is 5.96. The van der Waals surface area contributed by atoms with E-state index in [0.29, 0.717) is 12.2 Å². The van der Waals surface area contributed by atoms with Crippen LogP contribution in [-0.2, 0) is 9.53 Å². The molecule has 0 aromatic heterocycles. The molecule has 0 aliphatic rings. The normalized spacial score (nSPS) is 10.1. The van der Waals surface area contributed by atoms with Gasteiger partial charge in [-0.2, -0.15) is 0 Å². The van der Waals surface area contributed by atoms with E-state index in [1.54, 1.807) is 0 Å². The Balaban J connectivity index is 2.40. The molecule has 2 nitrogen and oxygen atoms in total. The van der Waals surface area contributed by atoms with Crippen LogP contribution in [-0.4, -0.2) is 12.6 Å². The van der Waals surface area contributed by atoms with Gasteiger partial charge < -0.3 is 4.74 Å². The topological polar surface area (TPSA) is 26.3 Å². The van der Waals surface area contributed by atoms with E-state index in [1.807, 2.05) is 67.6 Å². The molecule has 0 radical (unpaired) electrons. The molecule has 0 spiro atoms. The average Bonchev–Trinajstić information content (AvgIpc) is 2.57. The quantitative estimate of drug-likeness (QED) is 0.432. The van der Waals surface area contributed by atoms with Gasteiger partial charge in [-0.3, -0.25) is 0 Å². The summed E-state index contributed by atoms with van der Waals surface area (Å²) in [4.78, 5) is 12.3. The summed E-state index contributed by atoms with van der Waals surface area (Å²) < 4.78 is 5.37. The van der Waals surface area contributed by atoms with Crippen molar-refractivity contribution in [1.29, 1.82) is 0 Å². The van der Waals surface area contributed by atoms with Gasteiger partial charge in [0.1, 0.15) is 0 Å². The molecule has 0 fully saturated rings. The zero-order valence-electron chi connectivity index (χ0n) is 13.2. The molecule has 2 rings (SSSR count). The van der Waals surface area contributed by atoms with Crippen molar-refractivity contribution >= 4 is 11.5 Å². The number of hydrogen-bond donors (Lipinski definition) is 0. The van der Waals surface area contributed by atoms with Gasteiger partial charge in [0.2, 0.25) is 0 Å². The van der Waals surface area contributed by atoms with Crippen LogP contribution >= 0.6 is 0 Å². The van der Waals surface area contributed by atoms with Crippen LogP contribution in [0.25, 0.3) is 5.57 Å². The standard InChI is InChI=1S/C20H22O2/c1-3-4-15-22-20(21)16(2)19(17-11-7-5-8-12-17)18-13-9-6-10-14-18/h5-14H,3-4,15H2,1-2H3. The highest BCUT2D eigenvalue weighted by atomic mass is 16.5. The first-order valence-electron chi connectivity index (χ1n) is 7.73. The highest BCUT2D eigenvalue weighted by Gasteiger charge is 2.15. The fraction of sp³-hybridized carbons (Fsp3) is 0.250. The summed E-state index contributed by atoms with van der Waals surface area (Å²) in [6.07, 6.45) is 1.91. The minimum absolute atomic E-state index is 0.240. The lowest BCUT2D eigenvalue weighted by Gasteiger charge is -2.13. The van der Waals surface area contributed by atoms with Crippen molar-refractivity contribution in [3.63, 3.8) is 0 Å². The van der Waals surface area contributed by atoms with Crippen LogP contribution in [0, 0.1) is 0 Å². The summed E-state index contributed by atoms with van der Waals surface area (Å²) in [6.45, 7) is 4.39. The summed E-state index contributed by atoms with van der Waals surface area (Å²) in [6, 6.07) is 19.9. The smallest absolute Gasteiger partial charge is 0.334 e. The fourth-order valence-electron chi connectivity index (χ4n) is 2.33. The summed E-state index contributed by atoms with van der Waals surface area (Å²) in [5.74, 6) is -0.240. The van der Waals surface area contributed by atoms with E-state index in [1.165, 1.54) is 0 Å². The molecule has 0 atom stereocenters. The van der Waals surface area contributed by atoms with Crippen molar-refractivity contribution in [3.05, 3.63) is 77.4 Å². The third-order valence-electron chi connectivity index (χ3n) is 3.54. The van der Waals surface area contributed by atoms with E-state index in [4.69, 9.17) is 4.74 Å². The minimum atomic E-state index is -0.240. The second-order valence-corrected chi connectivity index (χ2v) is 5.22. The zero-order chi connectivity index (χ0) is 15.8. The van der Waals surface area contributed by atoms with Gasteiger partial charge in [-0.05, 0) is 30.0 Å². The molecular weight excluding hydrogens is 272 g/mol. The molecular formula is C20H22O2. The Morgan fingerprint density at radius 3 is 1.86 bits per heavy atom. The van der Waals surface area contributed by atoms with Crippen molar-refractivity contribution in [2.24, 2.45) is 0 Å². The summed E-state index contributed by atoms with van der Waals surface area (Å²) in [5.41, 5.74) is 3.63. The second kappa shape index (κ2) is 8.18. The predicted molar refractivity (Wildman–Crippen MR) is 90.4 cm³/mol. The number of hydrogen-bond acceptors (Lipinski definition) is 2. The van der Waals surface area contributed by atoms with E-state index in [0.717, 1.165) is 29.5 Å². The molecule has 0 amide bonds. The molecule has 2 heteroatoms. The monoisotopic (exact) mass is 294 g/mol. The first kappa shape index (κ1) is 16.0. The summed E-state index contributed by atoms with van der Waals surface area (Å²) in [7, 11) is 0. The van der Waals surface area contributed by atoms with Crippen LogP contribution in [0.4, 0.5) is 0 Å². The lowest BCUT2D eigenvalue weighted by molar-refractivity contribution is -0.139. The third-order valence-corrected chi connectivity index (χ3v) is 3.54. The van der Waals surface area contributed by atoms with E-state index in [9.17, 15) is 4.79 Å². The van der Waals surface area contributed by atoms with Crippen molar-refractivity contribution in [3.8, 4) is 0 Å². The van der Waals surface area contributed by atoms with Gasteiger partial charge in [0, 0.05) is 5.57 Å². The van der Waals surface area contributed by atoms with Crippen LogP contribution in [0.1, 0.15) is 37.8 Å². The van der Waals surface area contributed by atoms with Gasteiger partial charge in [0.25, 0.3) is 0 Å². The third kappa shape index (κ3) is 4.08. The predicted octanol–water partition coefficient (Wildman–Crippen LogP) is 4.85. The van der Waals surface area contributed by atoms with Crippen molar-refractivity contribution in [2.75, 3.05) is 6.61 Å². The SMILES string of the molecule is CCCCOC(=O)C(C)=C(c1ccccc1)c1ccccc1. The number of unbranched alkanes of at least 4 members (excludes halogenated alkanes) is 1. The van der Waals surface area contributed by atoms with Gasteiger partial charge in [-0.1, -0.05) is 74.0 Å². The molecule has 0 N–H and O–H groups in total. The van der Waals surface area contributed by atoms with E-state index in [-0.39, 0.29) is 5.97 Å². The van der Waals surface area contributed by atoms with E-state index in [2.05, 4.69) is 6.92 Å². The Labute approximate surface area is 132 Å². The number of ether oxygens (including phenoxy) is 1. The maximum Gasteiger partial charge on any atom is 0.334 e. The van der Waals surface area contributed by atoms with Gasteiger partial charge >= 0.3 is 5.97 Å². The molecule has 0 aliphatic carbocycles. The van der Waals surface area contributed by atoms with Crippen molar-refractivity contribution < 1.29 is 9.53 Å². The molecule has 0 saturated heterocycles. The Morgan fingerprint density at radius 2 is 1.41 bits per heavy atom. The maximum atomic E-state index is 12.3. The van der Waals surface area contributed by atoms with Crippen molar-refractivity contribution in [2.45, 2.75) is 26.7 Å². The van der Waals surface area contributed by atoms with Crippen LogP contribution in [0.15, 0.2) is 66.2 Å². The first-order valence-corrected chi connectivity index (χ1v) is 7.73. The number of carbonyl (C=O) groups is 1. The van der Waals surface area contributed by atoms with Crippen LogP contribution in [0.5, 0.6) is 0 Å². The molecule has 0 bridgehead atoms. The summed E-state index contributed by atoms with van der Waals surface area (Å²) >= 11 is 0. The number of esters is 1. The molecule has 2 aromatic carbocycles. The van der Waals surface area contributed by atoms with Crippen LogP contribution in [0.2, 0.25) is 0 Å². The minimum Gasteiger partial charge on any atom is -0.462 e. The summed E-state index contributed by atoms with van der Waals surface area (Å²) in [5, 5.41) is 0. The van der Waals surface area contributed by atoms with Gasteiger partial charge in [0.15, 0.2) is 0 Å².